The van der Waals surface area contributed by atoms with Crippen molar-refractivity contribution in [3.05, 3.63) is 36.8 Å². The first-order chi connectivity index (χ1) is 13.1. The van der Waals surface area contributed by atoms with Crippen molar-refractivity contribution >= 4 is 5.95 Å². The van der Waals surface area contributed by atoms with Crippen molar-refractivity contribution in [2.45, 2.75) is 19.9 Å². The van der Waals surface area contributed by atoms with Crippen molar-refractivity contribution in [1.82, 2.24) is 30.7 Å². The van der Waals surface area contributed by atoms with Gasteiger partial charge >= 0.3 is 0 Å². The molecule has 1 aliphatic heterocycles. The summed E-state index contributed by atoms with van der Waals surface area (Å²) in [6.07, 6.45) is 5.16. The van der Waals surface area contributed by atoms with Crippen molar-refractivity contribution in [1.29, 1.82) is 0 Å². The minimum atomic E-state index is 0.139. The van der Waals surface area contributed by atoms with E-state index in [1.165, 1.54) is 0 Å². The summed E-state index contributed by atoms with van der Waals surface area (Å²) in [4.78, 5) is 6.64. The van der Waals surface area contributed by atoms with Crippen LogP contribution in [0.3, 0.4) is 0 Å². The van der Waals surface area contributed by atoms with Crippen LogP contribution in [0.1, 0.15) is 13.8 Å². The fraction of sp³-hybridized carbons (Fsp3) is 0.368. The molecule has 8 nitrogen and oxygen atoms in total. The molecule has 1 atom stereocenters. The quantitative estimate of drug-likeness (QED) is 0.650. The van der Waals surface area contributed by atoms with Gasteiger partial charge in [0, 0.05) is 43.0 Å². The van der Waals surface area contributed by atoms with Crippen molar-refractivity contribution in [2.24, 2.45) is 5.92 Å². The first kappa shape index (κ1) is 17.4. The number of H-pyrrole nitrogens is 1. The lowest BCUT2D eigenvalue weighted by Gasteiger charge is -2.35. The lowest BCUT2D eigenvalue weighted by Crippen LogP contribution is -2.53. The van der Waals surface area contributed by atoms with Crippen LogP contribution in [0.4, 0.5) is 5.95 Å². The number of nitrogens with zero attached hydrogens (tertiary/aromatic N) is 5. The lowest BCUT2D eigenvalue weighted by molar-refractivity contribution is 0.365. The molecule has 0 amide bonds. The molecule has 8 heteroatoms. The van der Waals surface area contributed by atoms with Crippen LogP contribution in [0.5, 0.6) is 5.75 Å². The Labute approximate surface area is 157 Å². The van der Waals surface area contributed by atoms with E-state index in [2.05, 4.69) is 49.4 Å². The number of aromatic amines is 1. The highest BCUT2D eigenvalue weighted by atomic mass is 16.3. The third-order valence-corrected chi connectivity index (χ3v) is 4.95. The highest BCUT2D eigenvalue weighted by Gasteiger charge is 2.23. The number of phenols is 1. The van der Waals surface area contributed by atoms with E-state index in [9.17, 15) is 5.11 Å². The number of anilines is 1. The molecule has 1 aliphatic rings. The van der Waals surface area contributed by atoms with Gasteiger partial charge in [0.15, 0.2) is 0 Å². The van der Waals surface area contributed by atoms with E-state index >= 15 is 0 Å². The van der Waals surface area contributed by atoms with Gasteiger partial charge in [-0.2, -0.15) is 5.10 Å². The van der Waals surface area contributed by atoms with E-state index in [-0.39, 0.29) is 5.75 Å². The highest BCUT2D eigenvalue weighted by Crippen LogP contribution is 2.31. The molecule has 0 radical (unpaired) electrons. The summed E-state index contributed by atoms with van der Waals surface area (Å²) >= 11 is 0. The van der Waals surface area contributed by atoms with Gasteiger partial charge in [-0.05, 0) is 23.6 Å². The van der Waals surface area contributed by atoms with Gasteiger partial charge in [0.05, 0.1) is 12.4 Å². The summed E-state index contributed by atoms with van der Waals surface area (Å²) in [6, 6.07) is 5.85. The average Bonchev–Trinajstić information content (AvgIpc) is 3.23. The number of phenolic OH excluding ortho intramolecular Hbond substituents is 1. The smallest absolute Gasteiger partial charge is 0.245 e. The lowest BCUT2D eigenvalue weighted by atomic mass is 10.0. The average molecular weight is 365 g/mol. The second kappa shape index (κ2) is 7.32. The predicted octanol–water partition coefficient (Wildman–Crippen LogP) is 2.07. The number of hydrogen-bond donors (Lipinski definition) is 3. The maximum atomic E-state index is 10.4. The molecule has 0 saturated carbocycles. The third kappa shape index (κ3) is 3.61. The SMILES string of the molecule is CC(C)[C@@H]1CN(c2ncc(-c3ccc(-c4cn[nH]c4)cc3O)nn2)CCN1. The Kier molecular flexibility index (Phi) is 4.72. The highest BCUT2D eigenvalue weighted by molar-refractivity contribution is 5.73. The summed E-state index contributed by atoms with van der Waals surface area (Å²) in [6.45, 7) is 7.04. The van der Waals surface area contributed by atoms with Crippen LogP contribution < -0.4 is 10.2 Å². The van der Waals surface area contributed by atoms with E-state index in [4.69, 9.17) is 0 Å². The molecular formula is C19H23N7O. The fourth-order valence-corrected chi connectivity index (χ4v) is 3.28. The molecule has 3 N–H and O–H groups in total. The number of hydrogen-bond acceptors (Lipinski definition) is 7. The van der Waals surface area contributed by atoms with Crippen molar-refractivity contribution in [2.75, 3.05) is 24.5 Å². The number of piperazine rings is 1. The van der Waals surface area contributed by atoms with Crippen LogP contribution in [0.25, 0.3) is 22.4 Å². The normalized spacial score (nSPS) is 17.4. The molecular weight excluding hydrogens is 342 g/mol. The molecule has 1 aromatic carbocycles. The largest absolute Gasteiger partial charge is 0.507 e. The summed E-state index contributed by atoms with van der Waals surface area (Å²) in [7, 11) is 0. The molecule has 0 spiro atoms. The zero-order chi connectivity index (χ0) is 18.8. The maximum absolute atomic E-state index is 10.4. The van der Waals surface area contributed by atoms with Gasteiger partial charge in [-0.15, -0.1) is 10.2 Å². The Hall–Kier alpha value is -3.00. The molecule has 3 aromatic rings. The first-order valence-corrected chi connectivity index (χ1v) is 9.12. The van der Waals surface area contributed by atoms with E-state index in [0.717, 1.165) is 30.8 Å². The Morgan fingerprint density at radius 3 is 2.74 bits per heavy atom. The van der Waals surface area contributed by atoms with E-state index < -0.39 is 0 Å². The number of nitrogens with one attached hydrogen (secondary N) is 2. The number of benzene rings is 1. The molecule has 4 rings (SSSR count). The summed E-state index contributed by atoms with van der Waals surface area (Å²) in [5, 5.41) is 29.2. The van der Waals surface area contributed by atoms with Gasteiger partial charge in [-0.3, -0.25) is 5.10 Å². The van der Waals surface area contributed by atoms with Gasteiger partial charge in [-0.1, -0.05) is 19.9 Å². The molecule has 1 fully saturated rings. The van der Waals surface area contributed by atoms with Crippen LogP contribution in [0.15, 0.2) is 36.8 Å². The Bertz CT molecular complexity index is 893. The summed E-state index contributed by atoms with van der Waals surface area (Å²) < 4.78 is 0. The van der Waals surface area contributed by atoms with Gasteiger partial charge in [0.25, 0.3) is 0 Å². The summed E-state index contributed by atoms with van der Waals surface area (Å²) in [5.41, 5.74) is 2.94. The molecule has 0 unspecified atom stereocenters. The Balaban J connectivity index is 1.54. The van der Waals surface area contributed by atoms with Crippen LogP contribution in [0, 0.1) is 5.92 Å². The van der Waals surface area contributed by atoms with Gasteiger partial charge < -0.3 is 15.3 Å². The zero-order valence-electron chi connectivity index (χ0n) is 15.4. The van der Waals surface area contributed by atoms with Crippen molar-refractivity contribution in [3.63, 3.8) is 0 Å². The van der Waals surface area contributed by atoms with Crippen LogP contribution in [-0.4, -0.2) is 56.2 Å². The van der Waals surface area contributed by atoms with Gasteiger partial charge in [0.1, 0.15) is 11.4 Å². The van der Waals surface area contributed by atoms with E-state index in [1.807, 2.05) is 12.1 Å². The van der Waals surface area contributed by atoms with Gasteiger partial charge in [-0.25, -0.2) is 4.98 Å². The molecule has 140 valence electrons. The maximum Gasteiger partial charge on any atom is 0.245 e. The molecule has 27 heavy (non-hydrogen) atoms. The number of aromatic nitrogens is 5. The molecule has 0 bridgehead atoms. The van der Waals surface area contributed by atoms with Crippen LogP contribution in [-0.2, 0) is 0 Å². The Morgan fingerprint density at radius 2 is 2.07 bits per heavy atom. The fourth-order valence-electron chi connectivity index (χ4n) is 3.28. The summed E-state index contributed by atoms with van der Waals surface area (Å²) in [5.74, 6) is 1.31. The van der Waals surface area contributed by atoms with Gasteiger partial charge in [0.2, 0.25) is 5.95 Å². The van der Waals surface area contributed by atoms with Crippen LogP contribution >= 0.6 is 0 Å². The Morgan fingerprint density at radius 1 is 1.19 bits per heavy atom. The zero-order valence-corrected chi connectivity index (χ0v) is 15.4. The second-order valence-electron chi connectivity index (χ2n) is 7.11. The molecule has 2 aromatic heterocycles. The van der Waals surface area contributed by atoms with Crippen LogP contribution in [0.2, 0.25) is 0 Å². The number of aromatic hydroxyl groups is 1. The third-order valence-electron chi connectivity index (χ3n) is 4.95. The minimum absolute atomic E-state index is 0.139. The van der Waals surface area contributed by atoms with E-state index in [0.29, 0.717) is 29.2 Å². The standard InChI is InChI=1S/C19H23N7O/c1-12(2)17-11-26(6-5-20-17)19-21-10-16(24-25-19)15-4-3-13(7-18(15)27)14-8-22-23-9-14/h3-4,7-10,12,17,20,27H,5-6,11H2,1-2H3,(H,22,23)/t17-/m0/s1. The van der Waals surface area contributed by atoms with E-state index in [1.54, 1.807) is 24.7 Å². The number of rotatable bonds is 4. The topological polar surface area (TPSA) is 103 Å². The molecule has 1 saturated heterocycles. The molecule has 0 aliphatic carbocycles. The minimum Gasteiger partial charge on any atom is -0.507 e. The monoisotopic (exact) mass is 365 g/mol. The second-order valence-corrected chi connectivity index (χ2v) is 7.11. The first-order valence-electron chi connectivity index (χ1n) is 9.12. The predicted molar refractivity (Wildman–Crippen MR) is 103 cm³/mol. The van der Waals surface area contributed by atoms with Crippen molar-refractivity contribution < 1.29 is 5.11 Å². The molecule has 3 heterocycles. The van der Waals surface area contributed by atoms with Crippen molar-refractivity contribution in [3.8, 4) is 28.1 Å².